The van der Waals surface area contributed by atoms with Crippen molar-refractivity contribution < 1.29 is 69.5 Å². The van der Waals surface area contributed by atoms with Gasteiger partial charge in [-0.05, 0) is 19.3 Å². The summed E-state index contributed by atoms with van der Waals surface area (Å²) in [4.78, 5) is 0. The first kappa shape index (κ1) is 32.7. The molecule has 0 aromatic rings. The molecule has 1 N–H and O–H groups in total. The summed E-state index contributed by atoms with van der Waals surface area (Å²) in [6.07, 6.45) is 21.8. The van der Waals surface area contributed by atoms with Gasteiger partial charge < -0.3 is 9.66 Å². The Labute approximate surface area is 224 Å². The minimum absolute atomic E-state index is 0. The van der Waals surface area contributed by atoms with Crippen LogP contribution in [0.3, 0.4) is 0 Å². The number of hydrogen-bond donors (Lipinski definition) is 1. The number of aliphatic hydroxyl groups is 1. The van der Waals surface area contributed by atoms with E-state index in [2.05, 4.69) is 6.92 Å². The van der Waals surface area contributed by atoms with Crippen molar-refractivity contribution in [2.24, 2.45) is 0 Å². The Morgan fingerprint density at radius 1 is 0.621 bits per heavy atom. The number of aliphatic hydroxyl groups excluding tert-OH is 1. The molecule has 0 aromatic heterocycles. The SMILES string of the molecule is CCCCCCCCCC(CCCCCCCCCCCCCO)S(=O)(=O)[O-].[K+]. The normalized spacial score (nSPS) is 12.7. The quantitative estimate of drug-likeness (QED) is 0.152. The molecule has 0 rings (SSSR count). The number of hydrogen-bond acceptors (Lipinski definition) is 4. The van der Waals surface area contributed by atoms with Gasteiger partial charge in [-0.2, -0.15) is 0 Å². The largest absolute Gasteiger partial charge is 1.00 e. The molecular weight excluding hydrogens is 411 g/mol. The Kier molecular flexibility index (Phi) is 27.2. The maximum Gasteiger partial charge on any atom is 1.00 e. The molecule has 0 bridgehead atoms. The van der Waals surface area contributed by atoms with Gasteiger partial charge >= 0.3 is 51.4 Å². The average Bonchev–Trinajstić information content (AvgIpc) is 2.65. The molecule has 0 aliphatic heterocycles. The first-order valence-electron chi connectivity index (χ1n) is 12.1. The van der Waals surface area contributed by atoms with Crippen LogP contribution in [0.5, 0.6) is 0 Å². The zero-order chi connectivity index (χ0) is 20.9. The molecule has 6 heteroatoms. The summed E-state index contributed by atoms with van der Waals surface area (Å²) >= 11 is 0. The van der Waals surface area contributed by atoms with Gasteiger partial charge in [0.25, 0.3) is 0 Å². The van der Waals surface area contributed by atoms with Crippen LogP contribution in [0.1, 0.15) is 135 Å². The Hall–Kier alpha value is 1.51. The molecule has 0 fully saturated rings. The molecule has 0 amide bonds. The van der Waals surface area contributed by atoms with Crippen LogP contribution < -0.4 is 51.4 Å². The van der Waals surface area contributed by atoms with Crippen molar-refractivity contribution in [3.8, 4) is 0 Å². The van der Waals surface area contributed by atoms with Crippen LogP contribution in [-0.4, -0.2) is 29.9 Å². The summed E-state index contributed by atoms with van der Waals surface area (Å²) in [7, 11) is -4.15. The predicted octanol–water partition coefficient (Wildman–Crippen LogP) is 3.72. The standard InChI is InChI=1S/C23H48O4S.K/c1-2-3-4-5-11-14-17-20-23(28(25,26)27)21-18-15-12-9-7-6-8-10-13-16-19-22-24;/h23-24H,2-22H2,1H3,(H,25,26,27);/q;+1/p-1. The first-order valence-corrected chi connectivity index (χ1v) is 13.5. The van der Waals surface area contributed by atoms with Crippen molar-refractivity contribution in [2.75, 3.05) is 6.61 Å². The third-order valence-electron chi connectivity index (χ3n) is 5.72. The van der Waals surface area contributed by atoms with Crippen LogP contribution in [0.15, 0.2) is 0 Å². The smallest absolute Gasteiger partial charge is 0.748 e. The third kappa shape index (κ3) is 24.0. The van der Waals surface area contributed by atoms with E-state index < -0.39 is 15.4 Å². The summed E-state index contributed by atoms with van der Waals surface area (Å²) in [5, 5.41) is 8.06. The molecular formula is C23H47KO4S. The van der Waals surface area contributed by atoms with Gasteiger partial charge in [0.1, 0.15) is 0 Å². The van der Waals surface area contributed by atoms with E-state index in [4.69, 9.17) is 5.11 Å². The zero-order valence-corrected chi connectivity index (χ0v) is 23.4. The van der Waals surface area contributed by atoms with Crippen LogP contribution in [0, 0.1) is 0 Å². The van der Waals surface area contributed by atoms with Gasteiger partial charge in [0.15, 0.2) is 0 Å². The zero-order valence-electron chi connectivity index (χ0n) is 19.5. The van der Waals surface area contributed by atoms with Gasteiger partial charge in [0.05, 0.1) is 10.1 Å². The monoisotopic (exact) mass is 458 g/mol. The topological polar surface area (TPSA) is 77.4 Å². The summed E-state index contributed by atoms with van der Waals surface area (Å²) in [6, 6.07) is 0. The Morgan fingerprint density at radius 2 is 0.931 bits per heavy atom. The molecule has 0 radical (unpaired) electrons. The molecule has 0 aromatic carbocycles. The summed E-state index contributed by atoms with van der Waals surface area (Å²) in [5.74, 6) is 0. The van der Waals surface area contributed by atoms with E-state index in [0.29, 0.717) is 19.4 Å². The minimum Gasteiger partial charge on any atom is -0.748 e. The number of unbranched alkanes of at least 4 members (excludes halogenated alkanes) is 16. The second-order valence-corrected chi connectivity index (χ2v) is 10.1. The van der Waals surface area contributed by atoms with Gasteiger partial charge in [-0.1, -0.05) is 116 Å². The molecule has 0 aliphatic rings. The molecule has 29 heavy (non-hydrogen) atoms. The van der Waals surface area contributed by atoms with Gasteiger partial charge in [-0.3, -0.25) is 0 Å². The van der Waals surface area contributed by atoms with Crippen LogP contribution >= 0.6 is 0 Å². The van der Waals surface area contributed by atoms with E-state index in [0.717, 1.165) is 51.4 Å². The fourth-order valence-corrected chi connectivity index (χ4v) is 4.75. The molecule has 0 aliphatic carbocycles. The molecule has 1 atom stereocenters. The average molecular weight is 459 g/mol. The van der Waals surface area contributed by atoms with Crippen LogP contribution in [0.4, 0.5) is 0 Å². The van der Waals surface area contributed by atoms with Gasteiger partial charge in [-0.25, -0.2) is 8.42 Å². The predicted molar refractivity (Wildman–Crippen MR) is 119 cm³/mol. The minimum atomic E-state index is -4.15. The van der Waals surface area contributed by atoms with E-state index >= 15 is 0 Å². The van der Waals surface area contributed by atoms with Crippen molar-refractivity contribution in [3.05, 3.63) is 0 Å². The van der Waals surface area contributed by atoms with Crippen LogP contribution in [-0.2, 0) is 10.1 Å². The Balaban J connectivity index is 0. The maximum absolute atomic E-state index is 11.5. The second-order valence-electron chi connectivity index (χ2n) is 8.43. The van der Waals surface area contributed by atoms with E-state index in [1.165, 1.54) is 64.2 Å². The molecule has 0 saturated carbocycles. The Morgan fingerprint density at radius 3 is 1.24 bits per heavy atom. The van der Waals surface area contributed by atoms with E-state index in [-0.39, 0.29) is 51.4 Å². The van der Waals surface area contributed by atoms with Gasteiger partial charge in [0, 0.05) is 11.9 Å². The fourth-order valence-electron chi connectivity index (χ4n) is 3.84. The van der Waals surface area contributed by atoms with E-state index in [1.807, 2.05) is 0 Å². The third-order valence-corrected chi connectivity index (χ3v) is 7.01. The van der Waals surface area contributed by atoms with Crippen LogP contribution in [0.2, 0.25) is 0 Å². The van der Waals surface area contributed by atoms with Crippen LogP contribution in [0.25, 0.3) is 0 Å². The Bertz CT molecular complexity index is 415. The summed E-state index contributed by atoms with van der Waals surface area (Å²) in [6.45, 7) is 2.51. The van der Waals surface area contributed by atoms with Crippen molar-refractivity contribution >= 4 is 10.1 Å². The molecule has 170 valence electrons. The van der Waals surface area contributed by atoms with Gasteiger partial charge in [0.2, 0.25) is 0 Å². The molecule has 4 nitrogen and oxygen atoms in total. The molecule has 1 unspecified atom stereocenters. The van der Waals surface area contributed by atoms with Crippen molar-refractivity contribution in [2.45, 2.75) is 141 Å². The second kappa shape index (κ2) is 24.2. The maximum atomic E-state index is 11.5. The van der Waals surface area contributed by atoms with Crippen molar-refractivity contribution in [1.82, 2.24) is 0 Å². The van der Waals surface area contributed by atoms with Gasteiger partial charge in [-0.15, -0.1) is 0 Å². The van der Waals surface area contributed by atoms with E-state index in [1.54, 1.807) is 0 Å². The number of rotatable bonds is 22. The van der Waals surface area contributed by atoms with Crippen molar-refractivity contribution in [1.29, 1.82) is 0 Å². The molecule has 0 saturated heterocycles. The fraction of sp³-hybridized carbons (Fsp3) is 1.00. The van der Waals surface area contributed by atoms with Crippen molar-refractivity contribution in [3.63, 3.8) is 0 Å². The molecule has 0 heterocycles. The summed E-state index contributed by atoms with van der Waals surface area (Å²) in [5.41, 5.74) is 0. The first-order chi connectivity index (χ1) is 13.5. The summed E-state index contributed by atoms with van der Waals surface area (Å²) < 4.78 is 34.5. The molecule has 0 spiro atoms. The van der Waals surface area contributed by atoms with E-state index in [9.17, 15) is 13.0 Å².